The SMILES string of the molecule is Cc1ccc(C(=O)N(c2ccccc2)[C@H](C)C2CC2)cc1. The molecule has 21 heavy (non-hydrogen) atoms. The number of amides is 1. The first-order chi connectivity index (χ1) is 10.2. The van der Waals surface area contributed by atoms with Crippen molar-refractivity contribution in [3.8, 4) is 0 Å². The molecular weight excluding hydrogens is 258 g/mol. The zero-order chi connectivity index (χ0) is 14.8. The van der Waals surface area contributed by atoms with Gasteiger partial charge < -0.3 is 4.90 Å². The summed E-state index contributed by atoms with van der Waals surface area (Å²) in [6, 6.07) is 18.1. The predicted molar refractivity (Wildman–Crippen MR) is 86.6 cm³/mol. The van der Waals surface area contributed by atoms with Crippen molar-refractivity contribution in [3.63, 3.8) is 0 Å². The summed E-state index contributed by atoms with van der Waals surface area (Å²) in [5.41, 5.74) is 2.92. The smallest absolute Gasteiger partial charge is 0.258 e. The molecule has 1 fully saturated rings. The molecule has 0 heterocycles. The van der Waals surface area contributed by atoms with Gasteiger partial charge in [-0.05, 0) is 56.9 Å². The lowest BCUT2D eigenvalue weighted by molar-refractivity contribution is 0.0975. The Bertz CT molecular complexity index is 614. The van der Waals surface area contributed by atoms with Crippen molar-refractivity contribution in [2.75, 3.05) is 4.90 Å². The van der Waals surface area contributed by atoms with E-state index in [0.717, 1.165) is 11.3 Å². The molecule has 1 aliphatic carbocycles. The topological polar surface area (TPSA) is 20.3 Å². The van der Waals surface area contributed by atoms with Gasteiger partial charge >= 0.3 is 0 Å². The minimum Gasteiger partial charge on any atom is -0.305 e. The Hall–Kier alpha value is -2.09. The van der Waals surface area contributed by atoms with Crippen LogP contribution in [0.5, 0.6) is 0 Å². The van der Waals surface area contributed by atoms with Crippen LogP contribution in [0.15, 0.2) is 54.6 Å². The highest BCUT2D eigenvalue weighted by molar-refractivity contribution is 6.06. The lowest BCUT2D eigenvalue weighted by Crippen LogP contribution is -2.40. The summed E-state index contributed by atoms with van der Waals surface area (Å²) < 4.78 is 0. The van der Waals surface area contributed by atoms with Crippen LogP contribution in [0, 0.1) is 12.8 Å². The van der Waals surface area contributed by atoms with Crippen molar-refractivity contribution in [2.45, 2.75) is 32.7 Å². The second kappa shape index (κ2) is 5.72. The highest BCUT2D eigenvalue weighted by Crippen LogP contribution is 2.37. The Balaban J connectivity index is 1.94. The largest absolute Gasteiger partial charge is 0.305 e. The first-order valence-corrected chi connectivity index (χ1v) is 7.62. The summed E-state index contributed by atoms with van der Waals surface area (Å²) >= 11 is 0. The van der Waals surface area contributed by atoms with Crippen molar-refractivity contribution in [1.29, 1.82) is 0 Å². The summed E-state index contributed by atoms with van der Waals surface area (Å²) in [7, 11) is 0. The molecule has 2 heteroatoms. The molecular formula is C19H21NO. The van der Waals surface area contributed by atoms with Gasteiger partial charge in [0.15, 0.2) is 0 Å². The van der Waals surface area contributed by atoms with Gasteiger partial charge in [-0.15, -0.1) is 0 Å². The second-order valence-electron chi connectivity index (χ2n) is 5.95. The van der Waals surface area contributed by atoms with Crippen LogP contribution in [0.1, 0.15) is 35.7 Å². The fourth-order valence-electron chi connectivity index (χ4n) is 2.75. The summed E-state index contributed by atoms with van der Waals surface area (Å²) in [6.45, 7) is 4.20. The molecule has 3 rings (SSSR count). The van der Waals surface area contributed by atoms with Gasteiger partial charge in [0.1, 0.15) is 0 Å². The van der Waals surface area contributed by atoms with Gasteiger partial charge in [-0.1, -0.05) is 35.9 Å². The molecule has 1 aliphatic rings. The van der Waals surface area contributed by atoms with E-state index in [-0.39, 0.29) is 11.9 Å². The maximum atomic E-state index is 13.0. The normalized spacial score (nSPS) is 15.5. The van der Waals surface area contributed by atoms with Gasteiger partial charge in [0.2, 0.25) is 0 Å². The van der Waals surface area contributed by atoms with E-state index >= 15 is 0 Å². The van der Waals surface area contributed by atoms with Crippen LogP contribution in [0.3, 0.4) is 0 Å². The summed E-state index contributed by atoms with van der Waals surface area (Å²) in [4.78, 5) is 14.9. The molecule has 0 aliphatic heterocycles. The Morgan fingerprint density at radius 3 is 2.24 bits per heavy atom. The van der Waals surface area contributed by atoms with Crippen molar-refractivity contribution in [3.05, 3.63) is 65.7 Å². The quantitative estimate of drug-likeness (QED) is 0.810. The molecule has 0 spiro atoms. The van der Waals surface area contributed by atoms with E-state index in [2.05, 4.69) is 6.92 Å². The van der Waals surface area contributed by atoms with Crippen LogP contribution in [0.25, 0.3) is 0 Å². The van der Waals surface area contributed by atoms with Crippen LogP contribution in [0.2, 0.25) is 0 Å². The number of hydrogen-bond donors (Lipinski definition) is 0. The van der Waals surface area contributed by atoms with Crippen molar-refractivity contribution in [2.24, 2.45) is 5.92 Å². The van der Waals surface area contributed by atoms with Gasteiger partial charge in [0, 0.05) is 17.3 Å². The third kappa shape index (κ3) is 2.99. The number of hydrogen-bond acceptors (Lipinski definition) is 1. The monoisotopic (exact) mass is 279 g/mol. The lowest BCUT2D eigenvalue weighted by Gasteiger charge is -2.29. The highest BCUT2D eigenvalue weighted by Gasteiger charge is 2.35. The van der Waals surface area contributed by atoms with Gasteiger partial charge in [0.25, 0.3) is 5.91 Å². The molecule has 1 amide bonds. The molecule has 2 aromatic rings. The van der Waals surface area contributed by atoms with Gasteiger partial charge in [-0.25, -0.2) is 0 Å². The number of para-hydroxylation sites is 1. The molecule has 0 unspecified atom stereocenters. The standard InChI is InChI=1S/C19H21NO/c1-14-8-10-17(11-9-14)19(21)20(15(2)16-12-13-16)18-6-4-3-5-7-18/h3-11,15-16H,12-13H2,1-2H3/t15-/m1/s1. The van der Waals surface area contributed by atoms with E-state index in [1.807, 2.05) is 66.4 Å². The zero-order valence-electron chi connectivity index (χ0n) is 12.6. The van der Waals surface area contributed by atoms with Crippen LogP contribution in [0.4, 0.5) is 5.69 Å². The van der Waals surface area contributed by atoms with Gasteiger partial charge in [-0.3, -0.25) is 4.79 Å². The van der Waals surface area contributed by atoms with Crippen LogP contribution < -0.4 is 4.90 Å². The summed E-state index contributed by atoms with van der Waals surface area (Å²) in [5, 5.41) is 0. The predicted octanol–water partition coefficient (Wildman–Crippen LogP) is 4.44. The molecule has 2 aromatic carbocycles. The first-order valence-electron chi connectivity index (χ1n) is 7.62. The fraction of sp³-hybridized carbons (Fsp3) is 0.316. The van der Waals surface area contributed by atoms with Crippen molar-refractivity contribution in [1.82, 2.24) is 0 Å². The van der Waals surface area contributed by atoms with E-state index in [1.54, 1.807) is 0 Å². The van der Waals surface area contributed by atoms with Gasteiger partial charge in [-0.2, -0.15) is 0 Å². The van der Waals surface area contributed by atoms with E-state index in [4.69, 9.17) is 0 Å². The molecule has 1 atom stereocenters. The molecule has 2 nitrogen and oxygen atoms in total. The second-order valence-corrected chi connectivity index (χ2v) is 5.95. The molecule has 1 saturated carbocycles. The van der Waals surface area contributed by atoms with E-state index in [1.165, 1.54) is 18.4 Å². The van der Waals surface area contributed by atoms with Crippen molar-refractivity contribution < 1.29 is 4.79 Å². The summed E-state index contributed by atoms with van der Waals surface area (Å²) in [5.74, 6) is 0.736. The maximum Gasteiger partial charge on any atom is 0.258 e. The fourth-order valence-corrected chi connectivity index (χ4v) is 2.75. The molecule has 0 N–H and O–H groups in total. The van der Waals surface area contributed by atoms with E-state index in [9.17, 15) is 4.79 Å². The highest BCUT2D eigenvalue weighted by atomic mass is 16.2. The Morgan fingerprint density at radius 1 is 1.05 bits per heavy atom. The maximum absolute atomic E-state index is 13.0. The van der Waals surface area contributed by atoms with E-state index in [0.29, 0.717) is 5.92 Å². The Labute approximate surface area is 126 Å². The number of carbonyl (C=O) groups is 1. The minimum absolute atomic E-state index is 0.0978. The average Bonchev–Trinajstić information content (AvgIpc) is 3.34. The molecule has 0 aromatic heterocycles. The third-order valence-corrected chi connectivity index (χ3v) is 4.26. The number of rotatable bonds is 4. The molecule has 108 valence electrons. The van der Waals surface area contributed by atoms with Crippen LogP contribution in [-0.2, 0) is 0 Å². The van der Waals surface area contributed by atoms with Crippen LogP contribution >= 0.6 is 0 Å². The zero-order valence-corrected chi connectivity index (χ0v) is 12.6. The molecule has 0 saturated heterocycles. The average molecular weight is 279 g/mol. The third-order valence-electron chi connectivity index (χ3n) is 4.26. The molecule has 0 bridgehead atoms. The Morgan fingerprint density at radius 2 is 1.67 bits per heavy atom. The van der Waals surface area contributed by atoms with E-state index < -0.39 is 0 Å². The van der Waals surface area contributed by atoms with Crippen molar-refractivity contribution >= 4 is 11.6 Å². The Kier molecular flexibility index (Phi) is 3.78. The first kappa shape index (κ1) is 13.9. The minimum atomic E-state index is 0.0978. The summed E-state index contributed by atoms with van der Waals surface area (Å²) in [6.07, 6.45) is 2.46. The molecule has 0 radical (unpaired) electrons. The lowest BCUT2D eigenvalue weighted by atomic mass is 10.1. The number of anilines is 1. The number of carbonyl (C=O) groups excluding carboxylic acids is 1. The van der Waals surface area contributed by atoms with Gasteiger partial charge in [0.05, 0.1) is 0 Å². The van der Waals surface area contributed by atoms with Crippen LogP contribution in [-0.4, -0.2) is 11.9 Å². The number of nitrogens with zero attached hydrogens (tertiary/aromatic N) is 1. The number of aryl methyl sites for hydroxylation is 1. The number of benzene rings is 2.